The van der Waals surface area contributed by atoms with E-state index in [0.717, 1.165) is 22.3 Å². The number of anilines is 1. The van der Waals surface area contributed by atoms with Gasteiger partial charge in [-0.3, -0.25) is 0 Å². The van der Waals surface area contributed by atoms with Crippen molar-refractivity contribution in [3.63, 3.8) is 0 Å². The second-order valence-electron chi connectivity index (χ2n) is 7.59. The number of nitrogens with zero attached hydrogens (tertiary/aromatic N) is 5. The topological polar surface area (TPSA) is 74.9 Å². The van der Waals surface area contributed by atoms with Crippen LogP contribution in [-0.4, -0.2) is 31.9 Å². The molecule has 0 unspecified atom stereocenters. The molecule has 2 aromatic heterocycles. The molecule has 1 aliphatic rings. The molecule has 8 heteroatoms. The fourth-order valence-corrected chi connectivity index (χ4v) is 3.63. The summed E-state index contributed by atoms with van der Waals surface area (Å²) >= 11 is 0. The minimum atomic E-state index is -0.369. The second kappa shape index (κ2) is 8.55. The summed E-state index contributed by atoms with van der Waals surface area (Å²) in [6.07, 6.45) is 5.61. The number of carbonyl (C=O) groups excluding carboxylic acids is 1. The van der Waals surface area contributed by atoms with Crippen molar-refractivity contribution in [3.05, 3.63) is 95.2 Å². The number of amides is 2. The van der Waals surface area contributed by atoms with Gasteiger partial charge in [0.15, 0.2) is 5.65 Å². The van der Waals surface area contributed by atoms with Gasteiger partial charge in [-0.1, -0.05) is 24.1 Å². The Labute approximate surface area is 189 Å². The van der Waals surface area contributed by atoms with Gasteiger partial charge in [0.2, 0.25) is 0 Å². The van der Waals surface area contributed by atoms with E-state index in [1.807, 2.05) is 37.3 Å². The number of halogens is 1. The fourth-order valence-electron chi connectivity index (χ4n) is 3.63. The number of hydrogen-bond donors (Lipinski definition) is 1. The summed E-state index contributed by atoms with van der Waals surface area (Å²) in [4.78, 5) is 17.2. The average molecular weight is 438 g/mol. The molecule has 162 valence electrons. The van der Waals surface area contributed by atoms with Crippen LogP contribution >= 0.6 is 0 Å². The van der Waals surface area contributed by atoms with Gasteiger partial charge in [-0.2, -0.15) is 10.2 Å². The van der Waals surface area contributed by atoms with Crippen molar-refractivity contribution in [2.75, 3.05) is 5.32 Å². The fraction of sp³-hybridized carbons (Fsp3) is 0.120. The molecule has 1 atom stereocenters. The molecule has 0 aliphatic carbocycles. The first-order valence-corrected chi connectivity index (χ1v) is 10.4. The molecule has 1 aliphatic heterocycles. The lowest BCUT2D eigenvalue weighted by Gasteiger charge is -2.22. The highest BCUT2D eigenvalue weighted by atomic mass is 19.1. The number of rotatable bonds is 2. The van der Waals surface area contributed by atoms with Crippen molar-refractivity contribution >= 4 is 23.6 Å². The zero-order valence-corrected chi connectivity index (χ0v) is 17.7. The van der Waals surface area contributed by atoms with Crippen LogP contribution in [0.1, 0.15) is 34.8 Å². The van der Waals surface area contributed by atoms with E-state index in [2.05, 4.69) is 32.3 Å². The Morgan fingerprint density at radius 2 is 2.00 bits per heavy atom. The normalized spacial score (nSPS) is 14.8. The smallest absolute Gasteiger partial charge is 0.306 e. The zero-order chi connectivity index (χ0) is 22.8. The molecule has 33 heavy (non-hydrogen) atoms. The predicted octanol–water partition coefficient (Wildman–Crippen LogP) is 4.54. The van der Waals surface area contributed by atoms with Gasteiger partial charge in [-0.25, -0.2) is 23.7 Å². The van der Waals surface area contributed by atoms with Crippen molar-refractivity contribution < 1.29 is 9.18 Å². The van der Waals surface area contributed by atoms with E-state index in [-0.39, 0.29) is 17.9 Å². The number of imidazole rings is 1. The van der Waals surface area contributed by atoms with Crippen LogP contribution in [0, 0.1) is 24.6 Å². The van der Waals surface area contributed by atoms with Crippen molar-refractivity contribution in [2.24, 2.45) is 5.10 Å². The predicted molar refractivity (Wildman–Crippen MR) is 123 cm³/mol. The molecular formula is C25H19FN6O. The first-order chi connectivity index (χ1) is 16.1. The number of urea groups is 1. The summed E-state index contributed by atoms with van der Waals surface area (Å²) in [5, 5.41) is 12.7. The lowest BCUT2D eigenvalue weighted by molar-refractivity contribution is 0.200. The van der Waals surface area contributed by atoms with E-state index in [1.54, 1.807) is 35.3 Å². The molecule has 0 fully saturated rings. The number of hydrazone groups is 1. The Kier molecular flexibility index (Phi) is 5.29. The SMILES string of the molecule is Cc1ccc(NC(=O)N2N=CC[C@@H]2c2ccc(F)cc2)cc1C#Cc1cnc2cccnn12. The third-order valence-corrected chi connectivity index (χ3v) is 5.38. The molecule has 2 aromatic carbocycles. The van der Waals surface area contributed by atoms with Crippen LogP contribution < -0.4 is 5.32 Å². The van der Waals surface area contributed by atoms with Crippen LogP contribution in [0.15, 0.2) is 72.1 Å². The summed E-state index contributed by atoms with van der Waals surface area (Å²) in [5.74, 6) is 5.94. The highest BCUT2D eigenvalue weighted by molar-refractivity contribution is 5.91. The van der Waals surface area contributed by atoms with Crippen molar-refractivity contribution in [1.82, 2.24) is 19.6 Å². The minimum absolute atomic E-state index is 0.280. The number of carbonyl (C=O) groups is 1. The monoisotopic (exact) mass is 438 g/mol. The Bertz CT molecular complexity index is 1430. The van der Waals surface area contributed by atoms with Crippen molar-refractivity contribution in [3.8, 4) is 11.8 Å². The zero-order valence-electron chi connectivity index (χ0n) is 17.7. The highest BCUT2D eigenvalue weighted by Gasteiger charge is 2.28. The van der Waals surface area contributed by atoms with Gasteiger partial charge in [0.1, 0.15) is 11.5 Å². The van der Waals surface area contributed by atoms with Crippen LogP contribution in [-0.2, 0) is 0 Å². The summed E-state index contributed by atoms with van der Waals surface area (Å²) in [6.45, 7) is 1.96. The summed E-state index contributed by atoms with van der Waals surface area (Å²) in [5.41, 5.74) is 4.58. The number of aryl methyl sites for hydroxylation is 1. The molecule has 0 saturated heterocycles. The van der Waals surface area contributed by atoms with E-state index in [4.69, 9.17) is 0 Å². The maximum Gasteiger partial charge on any atom is 0.342 e. The maximum absolute atomic E-state index is 13.3. The van der Waals surface area contributed by atoms with Crippen LogP contribution in [0.3, 0.4) is 0 Å². The number of nitrogens with one attached hydrogen (secondary N) is 1. The molecule has 0 spiro atoms. The molecule has 0 saturated carbocycles. The summed E-state index contributed by atoms with van der Waals surface area (Å²) < 4.78 is 14.9. The molecule has 0 bridgehead atoms. The number of fused-ring (bicyclic) bond motifs is 1. The number of hydrogen-bond acceptors (Lipinski definition) is 4. The molecule has 5 rings (SSSR count). The van der Waals surface area contributed by atoms with Crippen molar-refractivity contribution in [1.29, 1.82) is 0 Å². The van der Waals surface area contributed by atoms with Gasteiger partial charge in [0, 0.05) is 30.1 Å². The quantitative estimate of drug-likeness (QED) is 0.467. The first-order valence-electron chi connectivity index (χ1n) is 10.4. The molecule has 0 radical (unpaired) electrons. The summed E-state index contributed by atoms with van der Waals surface area (Å²) in [6, 6.07) is 14.7. The van der Waals surface area contributed by atoms with Gasteiger partial charge in [0.25, 0.3) is 0 Å². The first kappa shape index (κ1) is 20.4. The number of benzene rings is 2. The highest BCUT2D eigenvalue weighted by Crippen LogP contribution is 2.29. The largest absolute Gasteiger partial charge is 0.342 e. The van der Waals surface area contributed by atoms with E-state index >= 15 is 0 Å². The van der Waals surface area contributed by atoms with E-state index in [0.29, 0.717) is 17.8 Å². The Hall–Kier alpha value is -4.51. The molecule has 2 amide bonds. The third kappa shape index (κ3) is 4.16. The Morgan fingerprint density at radius 3 is 2.85 bits per heavy atom. The number of aromatic nitrogens is 3. The lowest BCUT2D eigenvalue weighted by atomic mass is 10.0. The maximum atomic E-state index is 13.3. The Balaban J connectivity index is 1.36. The average Bonchev–Trinajstić information content (AvgIpc) is 3.47. The van der Waals surface area contributed by atoms with Gasteiger partial charge in [-0.15, -0.1) is 0 Å². The van der Waals surface area contributed by atoms with Crippen LogP contribution in [0.2, 0.25) is 0 Å². The van der Waals surface area contributed by atoms with E-state index in [9.17, 15) is 9.18 Å². The molecule has 4 aromatic rings. The lowest BCUT2D eigenvalue weighted by Crippen LogP contribution is -2.31. The van der Waals surface area contributed by atoms with Gasteiger partial charge < -0.3 is 5.32 Å². The van der Waals surface area contributed by atoms with Crippen LogP contribution in [0.5, 0.6) is 0 Å². The van der Waals surface area contributed by atoms with Crippen molar-refractivity contribution in [2.45, 2.75) is 19.4 Å². The molecule has 3 heterocycles. The molecular weight excluding hydrogens is 419 g/mol. The molecule has 7 nitrogen and oxygen atoms in total. The van der Waals surface area contributed by atoms with Crippen LogP contribution in [0.4, 0.5) is 14.9 Å². The van der Waals surface area contributed by atoms with Gasteiger partial charge in [-0.05, 0) is 60.4 Å². The standard InChI is InChI=1S/C25H19FN6O/c1-17-4-10-21(15-19(17)7-11-22-16-27-24-3-2-13-28-31(22)24)30-25(33)32-23(12-14-29-32)18-5-8-20(26)9-6-18/h2-6,8-10,13-16,23H,12H2,1H3,(H,30,33)/t23-/m1/s1. The van der Waals surface area contributed by atoms with Gasteiger partial charge in [0.05, 0.1) is 12.2 Å². The second-order valence-corrected chi connectivity index (χ2v) is 7.59. The van der Waals surface area contributed by atoms with E-state index < -0.39 is 0 Å². The van der Waals surface area contributed by atoms with Gasteiger partial charge >= 0.3 is 6.03 Å². The third-order valence-electron chi connectivity index (χ3n) is 5.38. The van der Waals surface area contributed by atoms with E-state index in [1.165, 1.54) is 17.1 Å². The minimum Gasteiger partial charge on any atom is -0.306 e. The van der Waals surface area contributed by atoms with Crippen LogP contribution in [0.25, 0.3) is 5.65 Å². The molecule has 1 N–H and O–H groups in total. The Morgan fingerprint density at radius 1 is 1.15 bits per heavy atom. The summed E-state index contributed by atoms with van der Waals surface area (Å²) in [7, 11) is 0.